The standard InChI is InChI=1S/C21H28N4O2S/c1-24-14-11-23-21(24)28-15-12-22-20(27)18-9-10-19(26)25(16-18)13-5-8-17-6-3-2-4-7-17/h2-4,6-7,11,14,18H,5,8-10,12-13,15-16H2,1H3,(H,22,27)/t18-/m0/s1. The fourth-order valence-corrected chi connectivity index (χ4v) is 4.20. The molecule has 1 aliphatic rings. The number of nitrogens with one attached hydrogen (secondary N) is 1. The molecule has 0 unspecified atom stereocenters. The molecule has 0 radical (unpaired) electrons. The smallest absolute Gasteiger partial charge is 0.224 e. The lowest BCUT2D eigenvalue weighted by molar-refractivity contribution is -0.138. The number of aromatic nitrogens is 2. The monoisotopic (exact) mass is 400 g/mol. The first-order valence-electron chi connectivity index (χ1n) is 9.83. The van der Waals surface area contributed by atoms with E-state index in [1.807, 2.05) is 40.9 Å². The number of imidazole rings is 1. The molecule has 1 aliphatic heterocycles. The zero-order chi connectivity index (χ0) is 19.8. The Morgan fingerprint density at radius 3 is 2.89 bits per heavy atom. The summed E-state index contributed by atoms with van der Waals surface area (Å²) < 4.78 is 1.96. The maximum atomic E-state index is 12.5. The van der Waals surface area contributed by atoms with Crippen LogP contribution in [0.2, 0.25) is 0 Å². The average Bonchev–Trinajstić information content (AvgIpc) is 3.12. The molecule has 2 amide bonds. The second kappa shape index (κ2) is 10.3. The summed E-state index contributed by atoms with van der Waals surface area (Å²) in [6.07, 6.45) is 6.66. The van der Waals surface area contributed by atoms with E-state index in [0.717, 1.165) is 23.8 Å². The molecule has 0 saturated carbocycles. The molecule has 1 aromatic carbocycles. The van der Waals surface area contributed by atoms with Gasteiger partial charge in [0.1, 0.15) is 0 Å². The number of hydrogen-bond acceptors (Lipinski definition) is 4. The van der Waals surface area contributed by atoms with Gasteiger partial charge in [-0.1, -0.05) is 42.1 Å². The molecule has 7 heteroatoms. The molecule has 1 aromatic heterocycles. The van der Waals surface area contributed by atoms with Gasteiger partial charge in [0.2, 0.25) is 11.8 Å². The Morgan fingerprint density at radius 2 is 2.14 bits per heavy atom. The van der Waals surface area contributed by atoms with E-state index in [9.17, 15) is 9.59 Å². The molecule has 2 heterocycles. The Labute approximate surface area is 170 Å². The van der Waals surface area contributed by atoms with Gasteiger partial charge in [-0.3, -0.25) is 9.59 Å². The third-order valence-electron chi connectivity index (χ3n) is 5.02. The number of rotatable bonds is 9. The minimum atomic E-state index is -0.104. The molecular formula is C21H28N4O2S. The van der Waals surface area contributed by atoms with Crippen molar-refractivity contribution in [3.05, 3.63) is 48.3 Å². The Bertz CT molecular complexity index is 778. The van der Waals surface area contributed by atoms with Crippen LogP contribution in [0.3, 0.4) is 0 Å². The van der Waals surface area contributed by atoms with Crippen molar-refractivity contribution in [2.45, 2.75) is 30.8 Å². The van der Waals surface area contributed by atoms with Gasteiger partial charge in [0.25, 0.3) is 0 Å². The number of aryl methyl sites for hydroxylation is 2. The molecule has 1 atom stereocenters. The van der Waals surface area contributed by atoms with Crippen LogP contribution in [-0.2, 0) is 23.1 Å². The summed E-state index contributed by atoms with van der Waals surface area (Å²) >= 11 is 1.62. The molecule has 0 spiro atoms. The summed E-state index contributed by atoms with van der Waals surface area (Å²) in [5.41, 5.74) is 1.28. The van der Waals surface area contributed by atoms with E-state index in [1.54, 1.807) is 18.0 Å². The van der Waals surface area contributed by atoms with Crippen LogP contribution in [0.5, 0.6) is 0 Å². The number of amides is 2. The highest BCUT2D eigenvalue weighted by atomic mass is 32.2. The normalized spacial score (nSPS) is 17.0. The van der Waals surface area contributed by atoms with Crippen LogP contribution in [0.15, 0.2) is 47.9 Å². The van der Waals surface area contributed by atoms with E-state index in [0.29, 0.717) is 32.5 Å². The summed E-state index contributed by atoms with van der Waals surface area (Å²) in [4.78, 5) is 30.8. The first-order valence-corrected chi connectivity index (χ1v) is 10.8. The largest absolute Gasteiger partial charge is 0.355 e. The third kappa shape index (κ3) is 5.86. The van der Waals surface area contributed by atoms with Gasteiger partial charge in [-0.25, -0.2) is 4.98 Å². The number of carbonyl (C=O) groups excluding carboxylic acids is 2. The summed E-state index contributed by atoms with van der Waals surface area (Å²) in [6.45, 7) is 1.85. The first-order chi connectivity index (χ1) is 13.6. The van der Waals surface area contributed by atoms with Crippen LogP contribution in [0.1, 0.15) is 24.8 Å². The van der Waals surface area contributed by atoms with Crippen molar-refractivity contribution in [3.8, 4) is 0 Å². The van der Waals surface area contributed by atoms with Crippen molar-refractivity contribution in [2.75, 3.05) is 25.4 Å². The van der Waals surface area contributed by atoms with E-state index in [1.165, 1.54) is 5.56 Å². The second-order valence-corrected chi connectivity index (χ2v) is 8.19. The highest BCUT2D eigenvalue weighted by molar-refractivity contribution is 7.99. The minimum Gasteiger partial charge on any atom is -0.355 e. The van der Waals surface area contributed by atoms with Crippen molar-refractivity contribution in [3.63, 3.8) is 0 Å². The Hall–Kier alpha value is -2.28. The topological polar surface area (TPSA) is 67.2 Å². The lowest BCUT2D eigenvalue weighted by Gasteiger charge is -2.32. The number of carbonyl (C=O) groups is 2. The van der Waals surface area contributed by atoms with Crippen LogP contribution in [-0.4, -0.2) is 51.7 Å². The van der Waals surface area contributed by atoms with E-state index in [-0.39, 0.29) is 17.7 Å². The predicted molar refractivity (Wildman–Crippen MR) is 111 cm³/mol. The van der Waals surface area contributed by atoms with Gasteiger partial charge in [-0.15, -0.1) is 0 Å². The fourth-order valence-electron chi connectivity index (χ4n) is 3.42. The predicted octanol–water partition coefficient (Wildman–Crippen LogP) is 2.50. The van der Waals surface area contributed by atoms with Crippen molar-refractivity contribution in [2.24, 2.45) is 13.0 Å². The van der Waals surface area contributed by atoms with E-state index >= 15 is 0 Å². The van der Waals surface area contributed by atoms with Crippen LogP contribution in [0.4, 0.5) is 0 Å². The van der Waals surface area contributed by atoms with Gasteiger partial charge < -0.3 is 14.8 Å². The van der Waals surface area contributed by atoms with Gasteiger partial charge in [0.05, 0.1) is 5.92 Å². The van der Waals surface area contributed by atoms with Gasteiger partial charge in [-0.05, 0) is 24.8 Å². The van der Waals surface area contributed by atoms with Crippen LogP contribution in [0.25, 0.3) is 0 Å². The third-order valence-corrected chi connectivity index (χ3v) is 6.08. The quantitative estimate of drug-likeness (QED) is 0.519. The molecule has 0 aliphatic carbocycles. The van der Waals surface area contributed by atoms with E-state index in [4.69, 9.17) is 0 Å². The number of thioether (sulfide) groups is 1. The van der Waals surface area contributed by atoms with Gasteiger partial charge in [0.15, 0.2) is 5.16 Å². The van der Waals surface area contributed by atoms with Crippen molar-refractivity contribution in [1.29, 1.82) is 0 Å². The van der Waals surface area contributed by atoms with E-state index in [2.05, 4.69) is 22.4 Å². The summed E-state index contributed by atoms with van der Waals surface area (Å²) in [7, 11) is 1.96. The Balaban J connectivity index is 1.38. The zero-order valence-corrected chi connectivity index (χ0v) is 17.2. The Morgan fingerprint density at radius 1 is 1.32 bits per heavy atom. The van der Waals surface area contributed by atoms with Crippen molar-refractivity contribution in [1.82, 2.24) is 19.8 Å². The average molecular weight is 401 g/mol. The van der Waals surface area contributed by atoms with Crippen molar-refractivity contribution < 1.29 is 9.59 Å². The lowest BCUT2D eigenvalue weighted by atomic mass is 9.96. The fraction of sp³-hybridized carbons (Fsp3) is 0.476. The van der Waals surface area contributed by atoms with E-state index < -0.39 is 0 Å². The summed E-state index contributed by atoms with van der Waals surface area (Å²) in [6, 6.07) is 10.3. The van der Waals surface area contributed by atoms with Crippen molar-refractivity contribution >= 4 is 23.6 Å². The molecule has 1 saturated heterocycles. The van der Waals surface area contributed by atoms with Gasteiger partial charge >= 0.3 is 0 Å². The molecular weight excluding hydrogens is 372 g/mol. The number of benzene rings is 1. The van der Waals surface area contributed by atoms with Crippen LogP contribution >= 0.6 is 11.8 Å². The molecule has 150 valence electrons. The molecule has 3 rings (SSSR count). The molecule has 6 nitrogen and oxygen atoms in total. The number of piperidine rings is 1. The second-order valence-electron chi connectivity index (χ2n) is 7.12. The van der Waals surface area contributed by atoms with Crippen LogP contribution in [0, 0.1) is 5.92 Å². The molecule has 28 heavy (non-hydrogen) atoms. The van der Waals surface area contributed by atoms with Crippen LogP contribution < -0.4 is 5.32 Å². The Kier molecular flexibility index (Phi) is 7.54. The first kappa shape index (κ1) is 20.5. The molecule has 1 N–H and O–H groups in total. The molecule has 1 fully saturated rings. The zero-order valence-electron chi connectivity index (χ0n) is 16.3. The summed E-state index contributed by atoms with van der Waals surface area (Å²) in [5, 5.41) is 3.96. The summed E-state index contributed by atoms with van der Waals surface area (Å²) in [5.74, 6) is 0.902. The maximum Gasteiger partial charge on any atom is 0.224 e. The SMILES string of the molecule is Cn1ccnc1SCCNC(=O)[C@H]1CCC(=O)N(CCCc2ccccc2)C1. The molecule has 0 bridgehead atoms. The highest BCUT2D eigenvalue weighted by Crippen LogP contribution is 2.19. The maximum absolute atomic E-state index is 12.5. The lowest BCUT2D eigenvalue weighted by Crippen LogP contribution is -2.46. The number of likely N-dealkylation sites (tertiary alicyclic amines) is 1. The number of nitrogens with zero attached hydrogens (tertiary/aromatic N) is 3. The minimum absolute atomic E-state index is 0.0565. The number of hydrogen-bond donors (Lipinski definition) is 1. The van der Waals surface area contributed by atoms with Gasteiger partial charge in [-0.2, -0.15) is 0 Å². The highest BCUT2D eigenvalue weighted by Gasteiger charge is 2.29. The van der Waals surface area contributed by atoms with Gasteiger partial charge in [0, 0.05) is 51.2 Å². The molecule has 2 aromatic rings.